The highest BCUT2D eigenvalue weighted by atomic mass is 32.2. The van der Waals surface area contributed by atoms with Gasteiger partial charge in [-0.15, -0.1) is 0 Å². The number of fused-ring (bicyclic) bond motifs is 1. The van der Waals surface area contributed by atoms with E-state index < -0.39 is 23.7 Å². The molecule has 2 aliphatic heterocycles. The zero-order valence-corrected chi connectivity index (χ0v) is 18.7. The molecule has 1 saturated heterocycles. The summed E-state index contributed by atoms with van der Waals surface area (Å²) in [5.74, 6) is -1.01. The molecule has 0 aromatic heterocycles. The van der Waals surface area contributed by atoms with Crippen molar-refractivity contribution in [3.8, 4) is 0 Å². The monoisotopic (exact) mass is 493 g/mol. The number of amides is 3. The second-order valence-corrected chi connectivity index (χ2v) is 9.33. The Morgan fingerprint density at radius 1 is 1.15 bits per heavy atom. The number of aliphatic hydroxyl groups excluding tert-OH is 1. The van der Waals surface area contributed by atoms with Crippen molar-refractivity contribution in [1.82, 2.24) is 15.5 Å². The van der Waals surface area contributed by atoms with Crippen LogP contribution in [0.15, 0.2) is 47.4 Å². The molecular weight excluding hydrogens is 471 g/mol. The van der Waals surface area contributed by atoms with Crippen LogP contribution < -0.4 is 10.6 Å². The summed E-state index contributed by atoms with van der Waals surface area (Å²) in [6.07, 6.45) is -0.365. The molecule has 3 amide bonds. The predicted molar refractivity (Wildman–Crippen MR) is 117 cm³/mol. The largest absolute Gasteiger partial charge is 0.446 e. The van der Waals surface area contributed by atoms with Crippen molar-refractivity contribution in [3.05, 3.63) is 64.7 Å². The Morgan fingerprint density at radius 3 is 2.53 bits per heavy atom. The van der Waals surface area contributed by atoms with E-state index in [9.17, 15) is 32.7 Å². The Balaban J connectivity index is 1.32. The SMILES string of the molecule is O=C(Cc1ccc(SC(F)(F)F)cc1)NCc1ccc2c(c1)CN(C1CCC(=O)NC1=O)C2O. The number of aliphatic hydroxyl groups is 1. The lowest BCUT2D eigenvalue weighted by molar-refractivity contribution is -0.141. The van der Waals surface area contributed by atoms with Gasteiger partial charge in [-0.2, -0.15) is 13.2 Å². The van der Waals surface area contributed by atoms with Crippen LogP contribution in [0.25, 0.3) is 0 Å². The third-order valence-electron chi connectivity index (χ3n) is 5.77. The van der Waals surface area contributed by atoms with Gasteiger partial charge in [0.15, 0.2) is 0 Å². The van der Waals surface area contributed by atoms with Gasteiger partial charge in [0.05, 0.1) is 12.5 Å². The standard InChI is InChI=1S/C23H22F3N3O4S/c24-23(25,26)34-16-4-1-13(2-5-16)10-20(31)27-11-14-3-6-17-15(9-14)12-29(22(17)33)18-7-8-19(30)28-21(18)32/h1-6,9,18,22,33H,7-8,10-12H2,(H,27,31)(H,28,30,32). The molecule has 0 saturated carbocycles. The van der Waals surface area contributed by atoms with Gasteiger partial charge >= 0.3 is 5.51 Å². The fourth-order valence-electron chi connectivity index (χ4n) is 4.16. The number of hydrogen-bond donors (Lipinski definition) is 3. The van der Waals surface area contributed by atoms with Gasteiger partial charge in [-0.05, 0) is 52.6 Å². The van der Waals surface area contributed by atoms with E-state index in [0.29, 0.717) is 24.1 Å². The molecule has 180 valence electrons. The smallest absolute Gasteiger partial charge is 0.374 e. The lowest BCUT2D eigenvalue weighted by Crippen LogP contribution is -2.51. The molecule has 34 heavy (non-hydrogen) atoms. The molecule has 4 rings (SSSR count). The van der Waals surface area contributed by atoms with Crippen molar-refractivity contribution >= 4 is 29.5 Å². The van der Waals surface area contributed by atoms with Crippen molar-refractivity contribution in [1.29, 1.82) is 0 Å². The normalized spacial score (nSPS) is 20.7. The topological polar surface area (TPSA) is 98.7 Å². The average Bonchev–Trinajstić information content (AvgIpc) is 3.08. The third-order valence-corrected chi connectivity index (χ3v) is 6.51. The van der Waals surface area contributed by atoms with Crippen LogP contribution >= 0.6 is 11.8 Å². The summed E-state index contributed by atoms with van der Waals surface area (Å²) in [6.45, 7) is 0.579. The number of piperidine rings is 1. The van der Waals surface area contributed by atoms with Crippen LogP contribution in [0.4, 0.5) is 13.2 Å². The van der Waals surface area contributed by atoms with Gasteiger partial charge in [0.25, 0.3) is 0 Å². The molecular formula is C23H22F3N3O4S. The highest BCUT2D eigenvalue weighted by Crippen LogP contribution is 2.37. The molecule has 0 spiro atoms. The molecule has 0 radical (unpaired) electrons. The van der Waals surface area contributed by atoms with E-state index in [2.05, 4.69) is 10.6 Å². The van der Waals surface area contributed by atoms with Gasteiger partial charge in [0, 0.05) is 24.4 Å². The summed E-state index contributed by atoms with van der Waals surface area (Å²) in [4.78, 5) is 37.6. The molecule has 0 bridgehead atoms. The third kappa shape index (κ3) is 5.78. The molecule has 11 heteroatoms. The lowest BCUT2D eigenvalue weighted by Gasteiger charge is -2.31. The summed E-state index contributed by atoms with van der Waals surface area (Å²) in [5, 5.41) is 15.7. The summed E-state index contributed by atoms with van der Waals surface area (Å²) in [6, 6.07) is 10.4. The first-order valence-corrected chi connectivity index (χ1v) is 11.4. The van der Waals surface area contributed by atoms with E-state index >= 15 is 0 Å². The number of benzene rings is 2. The summed E-state index contributed by atoms with van der Waals surface area (Å²) in [5.41, 5.74) is -1.44. The first-order valence-electron chi connectivity index (χ1n) is 10.6. The number of imide groups is 1. The highest BCUT2D eigenvalue weighted by molar-refractivity contribution is 8.00. The van der Waals surface area contributed by atoms with Gasteiger partial charge in [0.1, 0.15) is 6.23 Å². The second-order valence-electron chi connectivity index (χ2n) is 8.19. The van der Waals surface area contributed by atoms with E-state index in [1.54, 1.807) is 17.0 Å². The maximum atomic E-state index is 12.4. The molecule has 2 atom stereocenters. The van der Waals surface area contributed by atoms with Crippen LogP contribution in [-0.2, 0) is 33.9 Å². The van der Waals surface area contributed by atoms with E-state index in [4.69, 9.17) is 0 Å². The fourth-order valence-corrected chi connectivity index (χ4v) is 4.70. The number of nitrogens with one attached hydrogen (secondary N) is 2. The Hall–Kier alpha value is -2.89. The van der Waals surface area contributed by atoms with Crippen LogP contribution in [-0.4, -0.2) is 39.3 Å². The minimum absolute atomic E-state index is 0.0317. The first-order chi connectivity index (χ1) is 16.1. The van der Waals surface area contributed by atoms with Crippen molar-refractivity contribution < 1.29 is 32.7 Å². The van der Waals surface area contributed by atoms with Crippen molar-refractivity contribution in [2.75, 3.05) is 0 Å². The lowest BCUT2D eigenvalue weighted by atomic mass is 10.0. The van der Waals surface area contributed by atoms with Gasteiger partial charge in [0.2, 0.25) is 17.7 Å². The molecule has 3 N–H and O–H groups in total. The Kier molecular flexibility index (Phi) is 6.96. The van der Waals surface area contributed by atoms with Gasteiger partial charge in [-0.25, -0.2) is 0 Å². The number of nitrogens with zero attached hydrogens (tertiary/aromatic N) is 1. The zero-order valence-electron chi connectivity index (χ0n) is 17.9. The van der Waals surface area contributed by atoms with Crippen molar-refractivity contribution in [2.24, 2.45) is 0 Å². The summed E-state index contributed by atoms with van der Waals surface area (Å²) < 4.78 is 37.3. The van der Waals surface area contributed by atoms with E-state index in [1.165, 1.54) is 24.3 Å². The quantitative estimate of drug-likeness (QED) is 0.423. The average molecular weight is 494 g/mol. The Labute approximate surface area is 197 Å². The van der Waals surface area contributed by atoms with E-state index in [-0.39, 0.29) is 47.9 Å². The van der Waals surface area contributed by atoms with Crippen LogP contribution in [0.5, 0.6) is 0 Å². The summed E-state index contributed by atoms with van der Waals surface area (Å²) >= 11 is -0.204. The minimum atomic E-state index is -4.36. The van der Waals surface area contributed by atoms with Crippen LogP contribution in [0.3, 0.4) is 0 Å². The molecule has 2 aliphatic rings. The molecule has 2 heterocycles. The van der Waals surface area contributed by atoms with E-state index in [0.717, 1.165) is 11.1 Å². The number of hydrogen-bond acceptors (Lipinski definition) is 6. The highest BCUT2D eigenvalue weighted by Gasteiger charge is 2.39. The van der Waals surface area contributed by atoms with Crippen LogP contribution in [0, 0.1) is 0 Å². The van der Waals surface area contributed by atoms with E-state index in [1.807, 2.05) is 6.07 Å². The number of alkyl halides is 3. The van der Waals surface area contributed by atoms with Gasteiger partial charge < -0.3 is 10.4 Å². The number of thioether (sulfide) groups is 1. The maximum Gasteiger partial charge on any atom is 0.446 e. The molecule has 7 nitrogen and oxygen atoms in total. The Morgan fingerprint density at radius 2 is 1.85 bits per heavy atom. The van der Waals surface area contributed by atoms with Gasteiger partial charge in [-0.1, -0.05) is 30.3 Å². The molecule has 1 fully saturated rings. The van der Waals surface area contributed by atoms with Crippen molar-refractivity contribution in [3.63, 3.8) is 0 Å². The number of rotatable bonds is 6. The maximum absolute atomic E-state index is 12.4. The van der Waals surface area contributed by atoms with Crippen molar-refractivity contribution in [2.45, 2.75) is 55.0 Å². The number of carbonyl (C=O) groups is 3. The van der Waals surface area contributed by atoms with Gasteiger partial charge in [-0.3, -0.25) is 24.6 Å². The number of halogens is 3. The minimum Gasteiger partial charge on any atom is -0.374 e. The summed E-state index contributed by atoms with van der Waals surface area (Å²) in [7, 11) is 0. The molecule has 0 aliphatic carbocycles. The van der Waals surface area contributed by atoms with Crippen LogP contribution in [0.2, 0.25) is 0 Å². The Bertz CT molecular complexity index is 1110. The molecule has 2 aromatic rings. The molecule has 2 unspecified atom stereocenters. The predicted octanol–water partition coefficient (Wildman–Crippen LogP) is 2.77. The second kappa shape index (κ2) is 9.77. The zero-order chi connectivity index (χ0) is 24.5. The fraction of sp³-hybridized carbons (Fsp3) is 0.348. The number of carbonyl (C=O) groups excluding carboxylic acids is 3. The van der Waals surface area contributed by atoms with Crippen LogP contribution in [0.1, 0.15) is 41.3 Å². The molecule has 2 aromatic carbocycles. The first kappa shape index (κ1) is 24.2.